The van der Waals surface area contributed by atoms with Crippen molar-refractivity contribution >= 4 is 0 Å². The van der Waals surface area contributed by atoms with Crippen LogP contribution in [0.2, 0.25) is 0 Å². The largest absolute Gasteiger partial charge is 0.0874 e. The Bertz CT molecular complexity index is 503. The van der Waals surface area contributed by atoms with E-state index in [2.05, 4.69) is 77.1 Å². The summed E-state index contributed by atoms with van der Waals surface area (Å²) in [6.07, 6.45) is 7.86. The normalized spacial score (nSPS) is 22.3. The van der Waals surface area contributed by atoms with Gasteiger partial charge in [0.25, 0.3) is 0 Å². The monoisotopic (exact) mass is 300 g/mol. The van der Waals surface area contributed by atoms with Crippen LogP contribution in [0.1, 0.15) is 79.9 Å². The third-order valence-corrected chi connectivity index (χ3v) is 4.34. The summed E-state index contributed by atoms with van der Waals surface area (Å²) in [6, 6.07) is 8.93. The molecule has 0 amide bonds. The van der Waals surface area contributed by atoms with Crippen LogP contribution >= 0.6 is 0 Å². The quantitative estimate of drug-likeness (QED) is 0.506. The number of allylic oxidation sites excluding steroid dienone is 4. The zero-order valence-electron chi connectivity index (χ0n) is 16.2. The topological polar surface area (TPSA) is 0 Å². The fourth-order valence-electron chi connectivity index (χ4n) is 3.66. The Hall–Kier alpha value is -1.30. The maximum atomic E-state index is 2.38. The molecular weight excluding hydrogens is 264 g/mol. The van der Waals surface area contributed by atoms with Gasteiger partial charge in [-0.3, -0.25) is 0 Å². The summed E-state index contributed by atoms with van der Waals surface area (Å²) in [5, 5.41) is 0. The summed E-state index contributed by atoms with van der Waals surface area (Å²) in [5.74, 6) is 0. The lowest BCUT2D eigenvalue weighted by Crippen LogP contribution is -2.23. The Morgan fingerprint density at radius 1 is 0.909 bits per heavy atom. The van der Waals surface area contributed by atoms with Gasteiger partial charge in [-0.25, -0.2) is 0 Å². The third-order valence-electron chi connectivity index (χ3n) is 4.34. The maximum Gasteiger partial charge on any atom is 0.0182 e. The van der Waals surface area contributed by atoms with Gasteiger partial charge in [0.1, 0.15) is 0 Å². The molecule has 1 unspecified atom stereocenters. The molecule has 0 radical (unpaired) electrons. The van der Waals surface area contributed by atoms with E-state index in [-0.39, 0.29) is 10.8 Å². The van der Waals surface area contributed by atoms with E-state index in [4.69, 9.17) is 0 Å². The van der Waals surface area contributed by atoms with E-state index >= 15 is 0 Å². The van der Waals surface area contributed by atoms with Crippen molar-refractivity contribution in [2.45, 2.75) is 79.6 Å². The number of fused-ring (bicyclic) bond motifs is 1. The Morgan fingerprint density at radius 2 is 1.41 bits per heavy atom. The van der Waals surface area contributed by atoms with Crippen molar-refractivity contribution in [1.29, 1.82) is 0 Å². The molecule has 0 saturated heterocycles. The molecule has 124 valence electrons. The van der Waals surface area contributed by atoms with Crippen LogP contribution in [0.25, 0.3) is 0 Å². The molecule has 1 aromatic carbocycles. The molecule has 1 aliphatic carbocycles. The fraction of sp³-hybridized carbons (Fsp3) is 0.545. The van der Waals surface area contributed by atoms with Crippen molar-refractivity contribution in [1.82, 2.24) is 0 Å². The van der Waals surface area contributed by atoms with Crippen molar-refractivity contribution in [2.75, 3.05) is 0 Å². The number of benzene rings is 1. The summed E-state index contributed by atoms with van der Waals surface area (Å²) in [5.41, 5.74) is 4.86. The van der Waals surface area contributed by atoms with Crippen LogP contribution in [0, 0.1) is 0 Å². The molecule has 0 heterocycles. The predicted molar refractivity (Wildman–Crippen MR) is 103 cm³/mol. The number of rotatable bonds is 2. The first-order valence-electron chi connectivity index (χ1n) is 8.85. The summed E-state index contributed by atoms with van der Waals surface area (Å²) in [4.78, 5) is 0. The highest BCUT2D eigenvalue weighted by Crippen LogP contribution is 2.52. The Balaban J connectivity index is 0.00000102. The average molecular weight is 301 g/mol. The Labute approximate surface area is 139 Å². The lowest BCUT2D eigenvalue weighted by molar-refractivity contribution is 0.424. The van der Waals surface area contributed by atoms with Crippen LogP contribution in [0.15, 0.2) is 48.1 Å². The molecule has 0 heteroatoms. The van der Waals surface area contributed by atoms with Gasteiger partial charge in [-0.05, 0) is 42.4 Å². The zero-order chi connectivity index (χ0) is 17.4. The second-order valence-electron chi connectivity index (χ2n) is 6.18. The highest BCUT2D eigenvalue weighted by atomic mass is 14.5. The second kappa shape index (κ2) is 8.98. The number of hydrogen-bond donors (Lipinski definition) is 0. The first kappa shape index (κ1) is 20.7. The first-order valence-corrected chi connectivity index (χ1v) is 8.85. The SMILES string of the molecule is C/C=C\C(=C/C)C1(C)CC(C)(C)c2ccccc21.CC.CC. The van der Waals surface area contributed by atoms with Crippen molar-refractivity contribution in [3.63, 3.8) is 0 Å². The van der Waals surface area contributed by atoms with Crippen LogP contribution in [0.4, 0.5) is 0 Å². The minimum atomic E-state index is 0.154. The van der Waals surface area contributed by atoms with E-state index in [0.717, 1.165) is 0 Å². The second-order valence-corrected chi connectivity index (χ2v) is 6.18. The van der Waals surface area contributed by atoms with Crippen molar-refractivity contribution in [2.24, 2.45) is 0 Å². The molecular formula is C22H36. The van der Waals surface area contributed by atoms with Crippen LogP contribution in [-0.2, 0) is 10.8 Å². The van der Waals surface area contributed by atoms with Gasteiger partial charge in [-0.2, -0.15) is 0 Å². The Kier molecular flexibility index (Phi) is 8.45. The van der Waals surface area contributed by atoms with E-state index in [0.29, 0.717) is 0 Å². The summed E-state index contributed by atoms with van der Waals surface area (Å²) >= 11 is 0. The van der Waals surface area contributed by atoms with Gasteiger partial charge in [0.05, 0.1) is 0 Å². The summed E-state index contributed by atoms with van der Waals surface area (Å²) in [7, 11) is 0. The van der Waals surface area contributed by atoms with Crippen molar-refractivity contribution in [3.05, 3.63) is 59.2 Å². The van der Waals surface area contributed by atoms with E-state index in [1.807, 2.05) is 27.7 Å². The minimum absolute atomic E-state index is 0.154. The molecule has 0 spiro atoms. The van der Waals surface area contributed by atoms with Gasteiger partial charge >= 0.3 is 0 Å². The van der Waals surface area contributed by atoms with Gasteiger partial charge in [0, 0.05) is 5.41 Å². The molecule has 1 aliphatic rings. The fourth-order valence-corrected chi connectivity index (χ4v) is 3.66. The highest BCUT2D eigenvalue weighted by molar-refractivity contribution is 5.52. The lowest BCUT2D eigenvalue weighted by atomic mass is 9.74. The lowest BCUT2D eigenvalue weighted by Gasteiger charge is -2.29. The van der Waals surface area contributed by atoms with Gasteiger partial charge in [-0.1, -0.05) is 91.0 Å². The molecule has 22 heavy (non-hydrogen) atoms. The molecule has 2 rings (SSSR count). The minimum Gasteiger partial charge on any atom is -0.0874 e. The smallest absolute Gasteiger partial charge is 0.0182 e. The summed E-state index contributed by atoms with van der Waals surface area (Å²) < 4.78 is 0. The average Bonchev–Trinajstić information content (AvgIpc) is 2.76. The van der Waals surface area contributed by atoms with Gasteiger partial charge < -0.3 is 0 Å². The molecule has 1 aromatic rings. The van der Waals surface area contributed by atoms with Gasteiger partial charge in [0.2, 0.25) is 0 Å². The summed E-state index contributed by atoms with van der Waals surface area (Å²) in [6.45, 7) is 19.4. The molecule has 0 fully saturated rings. The van der Waals surface area contributed by atoms with Gasteiger partial charge in [-0.15, -0.1) is 0 Å². The number of hydrogen-bond acceptors (Lipinski definition) is 0. The maximum absolute atomic E-state index is 2.38. The first-order chi connectivity index (χ1) is 10.5. The molecule has 0 bridgehead atoms. The van der Waals surface area contributed by atoms with Crippen LogP contribution in [0.3, 0.4) is 0 Å². The molecule has 1 atom stereocenters. The zero-order valence-corrected chi connectivity index (χ0v) is 16.2. The molecule has 0 aromatic heterocycles. The third kappa shape index (κ3) is 3.91. The molecule has 0 nitrogen and oxygen atoms in total. The van der Waals surface area contributed by atoms with Gasteiger partial charge in [0.15, 0.2) is 0 Å². The van der Waals surface area contributed by atoms with E-state index < -0.39 is 0 Å². The molecule has 0 N–H and O–H groups in total. The van der Waals surface area contributed by atoms with Crippen LogP contribution < -0.4 is 0 Å². The highest BCUT2D eigenvalue weighted by Gasteiger charge is 2.45. The molecule has 0 saturated carbocycles. The van der Waals surface area contributed by atoms with Crippen LogP contribution in [-0.4, -0.2) is 0 Å². The predicted octanol–water partition coefficient (Wildman–Crippen LogP) is 7.20. The van der Waals surface area contributed by atoms with E-state index in [1.54, 1.807) is 0 Å². The Morgan fingerprint density at radius 3 is 1.86 bits per heavy atom. The van der Waals surface area contributed by atoms with Crippen molar-refractivity contribution in [3.8, 4) is 0 Å². The standard InChI is InChI=1S/C18H24.2C2H6/c1-6-10-14(7-2)18(5)13-17(3,4)15-11-8-9-12-16(15)18;2*1-2/h6-12H,13H2,1-5H3;2*1-2H3/b10-6-,14-7+;;. The molecule has 0 aliphatic heterocycles. The van der Waals surface area contributed by atoms with E-state index in [9.17, 15) is 0 Å². The van der Waals surface area contributed by atoms with E-state index in [1.165, 1.54) is 23.1 Å². The van der Waals surface area contributed by atoms with Crippen LogP contribution in [0.5, 0.6) is 0 Å². The van der Waals surface area contributed by atoms with Crippen molar-refractivity contribution < 1.29 is 0 Å².